The smallest absolute Gasteiger partial charge is 0.386 e. The van der Waals surface area contributed by atoms with Crippen molar-refractivity contribution in [1.82, 2.24) is 30.2 Å². The molecule has 0 saturated carbocycles. The van der Waals surface area contributed by atoms with E-state index in [-0.39, 0.29) is 41.6 Å². The summed E-state index contributed by atoms with van der Waals surface area (Å²) in [4.78, 5) is 88.1. The van der Waals surface area contributed by atoms with Crippen LogP contribution in [0.15, 0.2) is 37.0 Å². The molecule has 1 aliphatic heterocycles. The molecule has 0 aliphatic carbocycles. The largest absolute Gasteiger partial charge is 0.481 e. The third-order valence-electron chi connectivity index (χ3n) is 9.10. The van der Waals surface area contributed by atoms with Crippen LogP contribution in [0.5, 0.6) is 0 Å². The quantitative estimate of drug-likeness (QED) is 0.0321. The number of aliphatic hydroxyl groups is 2. The highest BCUT2D eigenvalue weighted by Gasteiger charge is 2.50. The highest BCUT2D eigenvalue weighted by molar-refractivity contribution is 8.13. The van der Waals surface area contributed by atoms with E-state index in [9.17, 15) is 57.9 Å². The van der Waals surface area contributed by atoms with Crippen LogP contribution in [-0.4, -0.2) is 123 Å². The fourth-order valence-corrected chi connectivity index (χ4v) is 9.30. The lowest BCUT2D eigenvalue weighted by Crippen LogP contribution is -2.46. The van der Waals surface area contributed by atoms with E-state index in [1.165, 1.54) is 33.1 Å². The summed E-state index contributed by atoms with van der Waals surface area (Å²) in [6.07, 6.45) is 9.14. The van der Waals surface area contributed by atoms with Crippen molar-refractivity contribution in [2.75, 3.05) is 37.8 Å². The van der Waals surface area contributed by atoms with Gasteiger partial charge in [-0.05, 0) is 32.1 Å². The summed E-state index contributed by atoms with van der Waals surface area (Å²) >= 11 is 1.12. The summed E-state index contributed by atoms with van der Waals surface area (Å²) < 4.78 is 62.3. The van der Waals surface area contributed by atoms with Crippen LogP contribution in [0.2, 0.25) is 0 Å². The fraction of sp³-hybridized carbons (Fsp3) is 0.657. The molecule has 28 heteroatoms. The Morgan fingerprint density at radius 1 is 0.968 bits per heavy atom. The molecule has 1 saturated heterocycles. The van der Waals surface area contributed by atoms with Crippen molar-refractivity contribution < 1.29 is 80.5 Å². The van der Waals surface area contributed by atoms with Gasteiger partial charge in [0.05, 0.1) is 19.5 Å². The molecule has 2 unspecified atom stereocenters. The van der Waals surface area contributed by atoms with Crippen molar-refractivity contribution in [2.45, 2.75) is 109 Å². The van der Waals surface area contributed by atoms with Crippen molar-refractivity contribution >= 4 is 69.1 Å². The van der Waals surface area contributed by atoms with Gasteiger partial charge < -0.3 is 50.9 Å². The number of aromatic nitrogens is 4. The Morgan fingerprint density at radius 2 is 1.65 bits per heavy atom. The predicted molar refractivity (Wildman–Crippen MR) is 228 cm³/mol. The van der Waals surface area contributed by atoms with Gasteiger partial charge in [-0.1, -0.05) is 69.7 Å². The first-order valence-corrected chi connectivity index (χ1v) is 25.4. The number of imidazole rings is 1. The number of carbonyl (C=O) groups excluding carboxylic acids is 3. The Bertz CT molecular complexity index is 2020. The number of nitrogens with zero attached hydrogens (tertiary/aromatic N) is 4. The molecule has 2 amide bonds. The number of allylic oxidation sites excluding steroid dienone is 4. The molecule has 7 atom stereocenters. The van der Waals surface area contributed by atoms with Gasteiger partial charge in [0.2, 0.25) is 11.8 Å². The van der Waals surface area contributed by atoms with Crippen LogP contribution in [-0.2, 0) is 50.7 Å². The lowest BCUT2D eigenvalue weighted by molar-refractivity contribution is -0.137. The van der Waals surface area contributed by atoms with Crippen molar-refractivity contribution in [1.29, 1.82) is 0 Å². The molecule has 1 fully saturated rings. The second-order valence-electron chi connectivity index (χ2n) is 14.9. The average Bonchev–Trinajstić information content (AvgIpc) is 3.76. The average molecular weight is 974 g/mol. The van der Waals surface area contributed by atoms with E-state index < -0.39 is 84.6 Å². The summed E-state index contributed by atoms with van der Waals surface area (Å²) in [6.45, 7) is 2.70. The first-order valence-electron chi connectivity index (χ1n) is 19.9. The van der Waals surface area contributed by atoms with Crippen molar-refractivity contribution in [3.8, 4) is 0 Å². The number of ether oxygens (including phenoxy) is 1. The number of amides is 2. The molecular formula is C35H58N7O17P3S. The fourth-order valence-electron chi connectivity index (χ4n) is 5.75. The number of fused-ring (bicyclic) bond motifs is 1. The molecule has 0 spiro atoms. The molecule has 0 aromatic carbocycles. The number of nitrogens with two attached hydrogens (primary N) is 1. The Morgan fingerprint density at radius 3 is 2.33 bits per heavy atom. The summed E-state index contributed by atoms with van der Waals surface area (Å²) in [6, 6.07) is 0. The minimum Gasteiger partial charge on any atom is -0.386 e. The summed E-state index contributed by atoms with van der Waals surface area (Å²) in [5, 5.41) is 26.5. The molecule has 63 heavy (non-hydrogen) atoms. The van der Waals surface area contributed by atoms with Crippen molar-refractivity contribution in [3.05, 3.63) is 37.0 Å². The van der Waals surface area contributed by atoms with Crippen LogP contribution in [0.3, 0.4) is 0 Å². The molecule has 10 N–H and O–H groups in total. The standard InChI is InChI=1S/C35H58N7O17P3S/c1-4-5-6-7-8-9-10-11-12-13-14-15-26(44)63-19-18-37-25(43)16-17-38-33(47)30(46)35(2,3)21-56-62(53,54)59-61(51,52)55-20-24-29(58-60(48,49)50)28(45)34(57-24)42-23-41-27-31(36)39-22-40-32(27)42/h8-9,11-12,22-24,28-30,34,45-46H,4-7,10,13-21H2,1-3H3,(H,37,43)(H,38,47)(H,51,52)(H,53,54)(H2,36,39,40)(H2,48,49,50)/b9-8-,12-11-/t24-,28-,29-,30+,34-/m1/s1. The monoisotopic (exact) mass is 973 g/mol. The minimum atomic E-state index is -5.57. The lowest BCUT2D eigenvalue weighted by atomic mass is 9.87. The van der Waals surface area contributed by atoms with Crippen LogP contribution in [0.4, 0.5) is 5.82 Å². The van der Waals surface area contributed by atoms with Gasteiger partial charge in [-0.25, -0.2) is 28.6 Å². The van der Waals surface area contributed by atoms with E-state index in [0.29, 0.717) is 12.2 Å². The number of phosphoric acid groups is 3. The first kappa shape index (κ1) is 54.4. The molecule has 1 aliphatic rings. The van der Waals surface area contributed by atoms with E-state index >= 15 is 0 Å². The minimum absolute atomic E-state index is 0.0189. The number of aliphatic hydroxyl groups excluding tert-OH is 2. The summed E-state index contributed by atoms with van der Waals surface area (Å²) in [5.74, 6) is -1.07. The number of anilines is 1. The highest BCUT2D eigenvalue weighted by Crippen LogP contribution is 2.61. The molecule has 2 aromatic rings. The zero-order valence-corrected chi connectivity index (χ0v) is 38.5. The van der Waals surface area contributed by atoms with Gasteiger partial charge in [-0.15, -0.1) is 0 Å². The molecule has 0 bridgehead atoms. The van der Waals surface area contributed by atoms with Gasteiger partial charge in [-0.2, -0.15) is 4.31 Å². The van der Waals surface area contributed by atoms with Gasteiger partial charge in [-0.3, -0.25) is 32.5 Å². The Balaban J connectivity index is 1.37. The molecule has 3 rings (SSSR count). The van der Waals surface area contributed by atoms with Gasteiger partial charge in [0.25, 0.3) is 0 Å². The number of nitrogens with one attached hydrogen (secondary N) is 2. The topological polar surface area (TPSA) is 364 Å². The number of thioether (sulfide) groups is 1. The number of unbranched alkanes of at least 4 members (excludes halogenated alkanes) is 4. The molecular weight excluding hydrogens is 915 g/mol. The van der Waals surface area contributed by atoms with E-state index in [1.807, 2.05) is 0 Å². The van der Waals surface area contributed by atoms with E-state index in [0.717, 1.165) is 54.7 Å². The first-order chi connectivity index (χ1) is 29.6. The Kier molecular flexibility index (Phi) is 22.1. The Labute approximate surface area is 368 Å². The molecule has 0 radical (unpaired) electrons. The molecule has 24 nitrogen and oxygen atoms in total. The maximum atomic E-state index is 12.7. The van der Waals surface area contributed by atoms with Crippen molar-refractivity contribution in [3.63, 3.8) is 0 Å². The van der Waals surface area contributed by atoms with Gasteiger partial charge in [0, 0.05) is 37.1 Å². The molecule has 3 heterocycles. The number of phosphoric ester groups is 3. The lowest BCUT2D eigenvalue weighted by Gasteiger charge is -2.30. The van der Waals surface area contributed by atoms with Gasteiger partial charge >= 0.3 is 23.5 Å². The number of nitrogen functional groups attached to an aromatic ring is 1. The highest BCUT2D eigenvalue weighted by atomic mass is 32.2. The summed E-state index contributed by atoms with van der Waals surface area (Å²) in [7, 11) is -16.4. The van der Waals surface area contributed by atoms with Crippen LogP contribution in [0.1, 0.15) is 84.8 Å². The maximum Gasteiger partial charge on any atom is 0.481 e. The van der Waals surface area contributed by atoms with Crippen LogP contribution in [0.25, 0.3) is 11.2 Å². The van der Waals surface area contributed by atoms with Gasteiger partial charge in [0.1, 0.15) is 36.3 Å². The van der Waals surface area contributed by atoms with E-state index in [4.69, 9.17) is 19.5 Å². The van der Waals surface area contributed by atoms with Crippen LogP contribution < -0.4 is 16.4 Å². The second-order valence-corrected chi connectivity index (χ2v) is 20.2. The van der Waals surface area contributed by atoms with Crippen molar-refractivity contribution in [2.24, 2.45) is 5.41 Å². The maximum absolute atomic E-state index is 12.7. The third-order valence-corrected chi connectivity index (χ3v) is 13.1. The number of hydrogen-bond acceptors (Lipinski definition) is 18. The summed E-state index contributed by atoms with van der Waals surface area (Å²) in [5.41, 5.74) is 4.27. The Hall–Kier alpha value is -2.96. The number of rotatable bonds is 29. The zero-order chi connectivity index (χ0) is 46.8. The van der Waals surface area contributed by atoms with Crippen LogP contribution in [0, 0.1) is 5.41 Å². The van der Waals surface area contributed by atoms with E-state index in [1.54, 1.807) is 0 Å². The van der Waals surface area contributed by atoms with E-state index in [2.05, 4.69) is 65.6 Å². The molecule has 2 aromatic heterocycles. The SMILES string of the molecule is CCCCC/C=C\C/C=C\CCCC(=O)SCCNC(=O)CCNC(=O)[C@H](O)C(C)(C)COP(=O)(O)OP(=O)(O)OC[C@H]1O[C@@H](n2cnc3c(N)ncnc32)[C@H](O)[C@@H]1OP(=O)(O)O. The normalized spacial score (nSPS) is 20.8. The number of carbonyl (C=O) groups is 3. The van der Waals surface area contributed by atoms with Gasteiger partial charge in [0.15, 0.2) is 22.8 Å². The molecule has 356 valence electrons. The third kappa shape index (κ3) is 19.2. The predicted octanol–water partition coefficient (Wildman–Crippen LogP) is 2.92. The van der Waals surface area contributed by atoms with Crippen LogP contribution >= 0.6 is 35.2 Å². The second kappa shape index (κ2) is 25.7. The zero-order valence-electron chi connectivity index (χ0n) is 35.0. The number of hydrogen-bond donors (Lipinski definition) is 9.